The van der Waals surface area contributed by atoms with Crippen molar-refractivity contribution in [3.8, 4) is 5.88 Å². The van der Waals surface area contributed by atoms with Gasteiger partial charge < -0.3 is 10.1 Å². The molecule has 0 unspecified atom stereocenters. The second-order valence-corrected chi connectivity index (χ2v) is 4.44. The molecule has 0 fully saturated rings. The van der Waals surface area contributed by atoms with Gasteiger partial charge in [-0.25, -0.2) is 4.98 Å². The standard InChI is InChI=1S/C13H22N2O/c1-5-14-8-12-6-11(4)15-13(7-12)16-9-10(2)3/h6-7,10,14H,5,8-9H2,1-4H3. The smallest absolute Gasteiger partial charge is 0.213 e. The molecular formula is C13H22N2O. The van der Waals surface area contributed by atoms with E-state index in [9.17, 15) is 0 Å². The summed E-state index contributed by atoms with van der Waals surface area (Å²) in [6, 6.07) is 4.10. The zero-order valence-corrected chi connectivity index (χ0v) is 10.7. The third kappa shape index (κ3) is 4.62. The van der Waals surface area contributed by atoms with E-state index in [4.69, 9.17) is 4.74 Å². The van der Waals surface area contributed by atoms with Crippen molar-refractivity contribution < 1.29 is 4.74 Å². The van der Waals surface area contributed by atoms with E-state index >= 15 is 0 Å². The maximum absolute atomic E-state index is 5.63. The van der Waals surface area contributed by atoms with E-state index < -0.39 is 0 Å². The molecule has 0 aliphatic heterocycles. The molecule has 1 heterocycles. The highest BCUT2D eigenvalue weighted by atomic mass is 16.5. The van der Waals surface area contributed by atoms with Crippen LogP contribution in [0.15, 0.2) is 12.1 Å². The first-order chi connectivity index (χ1) is 7.61. The number of nitrogens with one attached hydrogen (secondary N) is 1. The Morgan fingerprint density at radius 2 is 2.12 bits per heavy atom. The number of rotatable bonds is 6. The number of aryl methyl sites for hydroxylation is 1. The van der Waals surface area contributed by atoms with Gasteiger partial charge in [0.2, 0.25) is 5.88 Å². The predicted molar refractivity (Wildman–Crippen MR) is 66.7 cm³/mol. The molecule has 0 saturated carbocycles. The maximum atomic E-state index is 5.63. The summed E-state index contributed by atoms with van der Waals surface area (Å²) in [4.78, 5) is 4.36. The van der Waals surface area contributed by atoms with Crippen LogP contribution in [0.2, 0.25) is 0 Å². The van der Waals surface area contributed by atoms with Crippen molar-refractivity contribution in [2.45, 2.75) is 34.2 Å². The lowest BCUT2D eigenvalue weighted by Crippen LogP contribution is -2.13. The molecule has 1 aromatic rings. The number of hydrogen-bond acceptors (Lipinski definition) is 3. The van der Waals surface area contributed by atoms with Crippen molar-refractivity contribution in [1.82, 2.24) is 10.3 Å². The SMILES string of the molecule is CCNCc1cc(C)nc(OCC(C)C)c1. The van der Waals surface area contributed by atoms with Crippen LogP contribution in [0.3, 0.4) is 0 Å². The molecule has 0 aliphatic rings. The Hall–Kier alpha value is -1.09. The minimum absolute atomic E-state index is 0.527. The lowest BCUT2D eigenvalue weighted by atomic mass is 10.2. The van der Waals surface area contributed by atoms with Crippen LogP contribution in [0.1, 0.15) is 32.0 Å². The van der Waals surface area contributed by atoms with Gasteiger partial charge in [0.05, 0.1) is 6.61 Å². The van der Waals surface area contributed by atoms with Gasteiger partial charge in [-0.15, -0.1) is 0 Å². The average Bonchev–Trinajstić information content (AvgIpc) is 2.23. The van der Waals surface area contributed by atoms with Crippen LogP contribution >= 0.6 is 0 Å². The van der Waals surface area contributed by atoms with Crippen LogP contribution in [0.4, 0.5) is 0 Å². The third-order valence-corrected chi connectivity index (χ3v) is 2.13. The van der Waals surface area contributed by atoms with E-state index in [2.05, 4.69) is 37.1 Å². The molecule has 90 valence electrons. The summed E-state index contributed by atoms with van der Waals surface area (Å²) < 4.78 is 5.63. The van der Waals surface area contributed by atoms with Gasteiger partial charge in [-0.05, 0) is 31.0 Å². The van der Waals surface area contributed by atoms with Crippen molar-refractivity contribution in [2.75, 3.05) is 13.2 Å². The fourth-order valence-corrected chi connectivity index (χ4v) is 1.40. The van der Waals surface area contributed by atoms with E-state index in [1.165, 1.54) is 5.56 Å². The Labute approximate surface area is 98.2 Å². The Balaban J connectivity index is 2.65. The Morgan fingerprint density at radius 1 is 1.38 bits per heavy atom. The van der Waals surface area contributed by atoms with Gasteiger partial charge in [-0.2, -0.15) is 0 Å². The van der Waals surface area contributed by atoms with Gasteiger partial charge in [-0.1, -0.05) is 20.8 Å². The van der Waals surface area contributed by atoms with Crippen LogP contribution in [0.25, 0.3) is 0 Å². The summed E-state index contributed by atoms with van der Waals surface area (Å²) in [5.41, 5.74) is 2.24. The van der Waals surface area contributed by atoms with Gasteiger partial charge >= 0.3 is 0 Å². The molecule has 0 aliphatic carbocycles. The molecular weight excluding hydrogens is 200 g/mol. The first kappa shape index (κ1) is 13.0. The monoisotopic (exact) mass is 222 g/mol. The van der Waals surface area contributed by atoms with Gasteiger partial charge in [0.25, 0.3) is 0 Å². The third-order valence-electron chi connectivity index (χ3n) is 2.13. The van der Waals surface area contributed by atoms with Gasteiger partial charge in [0, 0.05) is 18.3 Å². The van der Waals surface area contributed by atoms with Crippen LogP contribution < -0.4 is 10.1 Å². The number of hydrogen-bond donors (Lipinski definition) is 1. The first-order valence-corrected chi connectivity index (χ1v) is 5.93. The average molecular weight is 222 g/mol. The lowest BCUT2D eigenvalue weighted by molar-refractivity contribution is 0.260. The minimum atomic E-state index is 0.527. The quantitative estimate of drug-likeness (QED) is 0.803. The normalized spacial score (nSPS) is 10.8. The van der Waals surface area contributed by atoms with Crippen LogP contribution in [-0.4, -0.2) is 18.1 Å². The van der Waals surface area contributed by atoms with Crippen molar-refractivity contribution in [1.29, 1.82) is 0 Å². The second kappa shape index (κ2) is 6.48. The molecule has 0 spiro atoms. The van der Waals surface area contributed by atoms with Gasteiger partial charge in [0.15, 0.2) is 0 Å². The Bertz CT molecular complexity index is 324. The fourth-order valence-electron chi connectivity index (χ4n) is 1.40. The molecule has 0 amide bonds. The van der Waals surface area contributed by atoms with Crippen molar-refractivity contribution in [3.63, 3.8) is 0 Å². The topological polar surface area (TPSA) is 34.2 Å². The van der Waals surface area contributed by atoms with E-state index in [1.807, 2.05) is 13.0 Å². The summed E-state index contributed by atoms with van der Waals surface area (Å²) in [5.74, 6) is 1.26. The van der Waals surface area contributed by atoms with Crippen LogP contribution in [0.5, 0.6) is 5.88 Å². The lowest BCUT2D eigenvalue weighted by Gasteiger charge is -2.10. The largest absolute Gasteiger partial charge is 0.477 e. The highest BCUT2D eigenvalue weighted by molar-refractivity contribution is 5.24. The maximum Gasteiger partial charge on any atom is 0.213 e. The van der Waals surface area contributed by atoms with Crippen LogP contribution in [0, 0.1) is 12.8 Å². The summed E-state index contributed by atoms with van der Waals surface area (Å²) >= 11 is 0. The highest BCUT2D eigenvalue weighted by Crippen LogP contribution is 2.13. The number of aromatic nitrogens is 1. The molecule has 0 radical (unpaired) electrons. The summed E-state index contributed by atoms with van der Waals surface area (Å²) in [7, 11) is 0. The Kier molecular flexibility index (Phi) is 5.26. The molecule has 16 heavy (non-hydrogen) atoms. The van der Waals surface area contributed by atoms with Gasteiger partial charge in [0.1, 0.15) is 0 Å². The van der Waals surface area contributed by atoms with E-state index in [1.54, 1.807) is 0 Å². The molecule has 0 atom stereocenters. The van der Waals surface area contributed by atoms with Crippen LogP contribution in [-0.2, 0) is 6.54 Å². The molecule has 0 aromatic carbocycles. The molecule has 1 N–H and O–H groups in total. The fraction of sp³-hybridized carbons (Fsp3) is 0.615. The highest BCUT2D eigenvalue weighted by Gasteiger charge is 2.02. The minimum Gasteiger partial charge on any atom is -0.477 e. The summed E-state index contributed by atoms with van der Waals surface area (Å²) in [6.07, 6.45) is 0. The van der Waals surface area contributed by atoms with Crippen molar-refractivity contribution >= 4 is 0 Å². The molecule has 3 nitrogen and oxygen atoms in total. The van der Waals surface area contributed by atoms with E-state index in [0.717, 1.165) is 31.3 Å². The number of ether oxygens (including phenoxy) is 1. The summed E-state index contributed by atoms with van der Waals surface area (Å²) in [5, 5.41) is 3.30. The zero-order valence-electron chi connectivity index (χ0n) is 10.7. The van der Waals surface area contributed by atoms with Gasteiger partial charge in [-0.3, -0.25) is 0 Å². The summed E-state index contributed by atoms with van der Waals surface area (Å²) in [6.45, 7) is 10.9. The molecule has 1 aromatic heterocycles. The number of nitrogens with zero attached hydrogens (tertiary/aromatic N) is 1. The predicted octanol–water partition coefficient (Wildman–Crippen LogP) is 2.53. The molecule has 3 heteroatoms. The van der Waals surface area contributed by atoms with Crippen molar-refractivity contribution in [2.24, 2.45) is 5.92 Å². The van der Waals surface area contributed by atoms with Crippen molar-refractivity contribution in [3.05, 3.63) is 23.4 Å². The Morgan fingerprint density at radius 3 is 2.75 bits per heavy atom. The van der Waals surface area contributed by atoms with E-state index in [0.29, 0.717) is 5.92 Å². The first-order valence-electron chi connectivity index (χ1n) is 5.93. The molecule has 0 bridgehead atoms. The molecule has 1 rings (SSSR count). The van der Waals surface area contributed by atoms with E-state index in [-0.39, 0.29) is 0 Å². The molecule has 0 saturated heterocycles. The zero-order chi connectivity index (χ0) is 12.0. The number of pyridine rings is 1. The second-order valence-electron chi connectivity index (χ2n) is 4.44.